The van der Waals surface area contributed by atoms with Gasteiger partial charge >= 0.3 is 0 Å². The Kier molecular flexibility index (Phi) is 5.11. The van der Waals surface area contributed by atoms with Crippen molar-refractivity contribution < 1.29 is 13.2 Å². The molecule has 22 heavy (non-hydrogen) atoms. The van der Waals surface area contributed by atoms with Crippen molar-refractivity contribution in [2.45, 2.75) is 13.3 Å². The largest absolute Gasteiger partial charge is 0.322 e. The Hall–Kier alpha value is -2.41. The van der Waals surface area contributed by atoms with Crippen LogP contribution in [0.3, 0.4) is 0 Å². The number of carbonyl (C=O) groups excluding carboxylic acids is 1. The molecule has 0 atom stereocenters. The van der Waals surface area contributed by atoms with Crippen LogP contribution in [0.2, 0.25) is 0 Å². The maximum absolute atomic E-state index is 12.1. The summed E-state index contributed by atoms with van der Waals surface area (Å²) in [4.78, 5) is 16.0. The molecule has 2 N–H and O–H groups in total. The number of benzene rings is 1. The van der Waals surface area contributed by atoms with Gasteiger partial charge in [0.25, 0.3) is 5.91 Å². The molecule has 116 valence electrons. The van der Waals surface area contributed by atoms with E-state index < -0.39 is 10.0 Å². The van der Waals surface area contributed by atoms with Crippen LogP contribution in [0.15, 0.2) is 48.8 Å². The minimum absolute atomic E-state index is 0.0421. The highest BCUT2D eigenvalue weighted by Gasteiger charge is 2.11. The van der Waals surface area contributed by atoms with Gasteiger partial charge in [-0.15, -0.1) is 0 Å². The predicted octanol–water partition coefficient (Wildman–Crippen LogP) is 2.49. The Bertz CT molecular complexity index is 746. The van der Waals surface area contributed by atoms with Gasteiger partial charge in [0.15, 0.2) is 0 Å². The van der Waals surface area contributed by atoms with Crippen molar-refractivity contribution in [1.82, 2.24) is 4.98 Å². The SMILES string of the molecule is CCCS(=O)(=O)Nc1cccc(C(=O)Nc2ccncc2)c1. The zero-order valence-electron chi connectivity index (χ0n) is 12.1. The van der Waals surface area contributed by atoms with Crippen molar-refractivity contribution in [3.8, 4) is 0 Å². The summed E-state index contributed by atoms with van der Waals surface area (Å²) in [5.41, 5.74) is 1.36. The van der Waals surface area contributed by atoms with E-state index in [0.717, 1.165) is 0 Å². The number of hydrogen-bond donors (Lipinski definition) is 2. The summed E-state index contributed by atoms with van der Waals surface area (Å²) in [6.45, 7) is 1.79. The van der Waals surface area contributed by atoms with Crippen molar-refractivity contribution >= 4 is 27.3 Å². The van der Waals surface area contributed by atoms with Gasteiger partial charge in [0.1, 0.15) is 0 Å². The molecule has 2 rings (SSSR count). The average Bonchev–Trinajstić information content (AvgIpc) is 2.48. The molecule has 0 spiro atoms. The molecule has 1 amide bonds. The smallest absolute Gasteiger partial charge is 0.255 e. The van der Waals surface area contributed by atoms with E-state index in [9.17, 15) is 13.2 Å². The van der Waals surface area contributed by atoms with Gasteiger partial charge in [-0.2, -0.15) is 0 Å². The van der Waals surface area contributed by atoms with E-state index in [-0.39, 0.29) is 11.7 Å². The van der Waals surface area contributed by atoms with Gasteiger partial charge in [0, 0.05) is 29.3 Å². The fourth-order valence-electron chi connectivity index (χ4n) is 1.86. The van der Waals surface area contributed by atoms with E-state index in [1.165, 1.54) is 6.07 Å². The minimum Gasteiger partial charge on any atom is -0.322 e. The molecule has 0 aliphatic rings. The molecule has 0 fully saturated rings. The van der Waals surface area contributed by atoms with Gasteiger partial charge in [-0.05, 0) is 36.8 Å². The third-order valence-electron chi connectivity index (χ3n) is 2.81. The fourth-order valence-corrected chi connectivity index (χ4v) is 2.99. The van der Waals surface area contributed by atoms with Gasteiger partial charge in [0.2, 0.25) is 10.0 Å². The quantitative estimate of drug-likeness (QED) is 0.856. The van der Waals surface area contributed by atoms with Crippen LogP contribution in [0.5, 0.6) is 0 Å². The molecular weight excluding hydrogens is 302 g/mol. The number of rotatable bonds is 6. The topological polar surface area (TPSA) is 88.2 Å². The number of nitrogens with zero attached hydrogens (tertiary/aromatic N) is 1. The second-order valence-electron chi connectivity index (χ2n) is 4.69. The van der Waals surface area contributed by atoms with Crippen LogP contribution in [-0.4, -0.2) is 25.1 Å². The monoisotopic (exact) mass is 319 g/mol. The molecule has 0 unspecified atom stereocenters. The Morgan fingerprint density at radius 2 is 1.86 bits per heavy atom. The standard InChI is InChI=1S/C15H17N3O3S/c1-2-10-22(20,21)18-14-5-3-4-12(11-14)15(19)17-13-6-8-16-9-7-13/h3-9,11,18H,2,10H2,1H3,(H,16,17,19). The summed E-state index contributed by atoms with van der Waals surface area (Å²) < 4.78 is 26.0. The van der Waals surface area contributed by atoms with Crippen molar-refractivity contribution in [2.24, 2.45) is 0 Å². The Morgan fingerprint density at radius 1 is 1.14 bits per heavy atom. The number of pyridine rings is 1. The molecule has 2 aromatic rings. The molecule has 1 aromatic heterocycles. The molecule has 0 saturated carbocycles. The Balaban J connectivity index is 2.13. The van der Waals surface area contributed by atoms with Crippen molar-refractivity contribution in [3.05, 3.63) is 54.4 Å². The molecule has 1 heterocycles. The first-order chi connectivity index (χ1) is 10.5. The lowest BCUT2D eigenvalue weighted by Gasteiger charge is -2.09. The van der Waals surface area contributed by atoms with E-state index in [0.29, 0.717) is 23.4 Å². The van der Waals surface area contributed by atoms with Gasteiger partial charge < -0.3 is 5.32 Å². The van der Waals surface area contributed by atoms with E-state index in [4.69, 9.17) is 0 Å². The van der Waals surface area contributed by atoms with Gasteiger partial charge in [-0.25, -0.2) is 8.42 Å². The number of nitrogens with one attached hydrogen (secondary N) is 2. The minimum atomic E-state index is -3.38. The number of carbonyl (C=O) groups is 1. The third-order valence-corrected chi connectivity index (χ3v) is 4.30. The second-order valence-corrected chi connectivity index (χ2v) is 6.53. The highest BCUT2D eigenvalue weighted by Crippen LogP contribution is 2.14. The highest BCUT2D eigenvalue weighted by molar-refractivity contribution is 7.92. The zero-order valence-corrected chi connectivity index (χ0v) is 12.9. The summed E-state index contributed by atoms with van der Waals surface area (Å²) in [7, 11) is -3.38. The molecule has 0 aliphatic carbocycles. The first-order valence-electron chi connectivity index (χ1n) is 6.82. The van der Waals surface area contributed by atoms with Crippen LogP contribution in [0.4, 0.5) is 11.4 Å². The molecule has 0 aliphatic heterocycles. The summed E-state index contributed by atoms with van der Waals surface area (Å²) in [5.74, 6) is -0.275. The molecule has 1 aromatic carbocycles. The van der Waals surface area contributed by atoms with Crippen LogP contribution < -0.4 is 10.0 Å². The second kappa shape index (κ2) is 7.04. The molecule has 0 saturated heterocycles. The van der Waals surface area contributed by atoms with Crippen LogP contribution in [0, 0.1) is 0 Å². The molecule has 6 nitrogen and oxygen atoms in total. The van der Waals surface area contributed by atoms with E-state index in [1.54, 1.807) is 49.6 Å². The van der Waals surface area contributed by atoms with E-state index >= 15 is 0 Å². The van der Waals surface area contributed by atoms with Crippen molar-refractivity contribution in [3.63, 3.8) is 0 Å². The number of sulfonamides is 1. The highest BCUT2D eigenvalue weighted by atomic mass is 32.2. The van der Waals surface area contributed by atoms with Crippen molar-refractivity contribution in [1.29, 1.82) is 0 Å². The maximum atomic E-state index is 12.1. The Labute approximate surface area is 129 Å². The third kappa shape index (κ3) is 4.56. The number of aromatic nitrogens is 1. The maximum Gasteiger partial charge on any atom is 0.255 e. The summed E-state index contributed by atoms with van der Waals surface area (Å²) >= 11 is 0. The summed E-state index contributed by atoms with van der Waals surface area (Å²) in [5, 5.41) is 2.72. The van der Waals surface area contributed by atoms with Gasteiger partial charge in [-0.1, -0.05) is 13.0 Å². The Morgan fingerprint density at radius 3 is 2.55 bits per heavy atom. The lowest BCUT2D eigenvalue weighted by molar-refractivity contribution is 0.102. The van der Waals surface area contributed by atoms with Crippen LogP contribution in [-0.2, 0) is 10.0 Å². The molecule has 0 radical (unpaired) electrons. The van der Waals surface area contributed by atoms with Crippen molar-refractivity contribution in [2.75, 3.05) is 15.8 Å². The van der Waals surface area contributed by atoms with Crippen LogP contribution in [0.1, 0.15) is 23.7 Å². The van der Waals surface area contributed by atoms with E-state index in [2.05, 4.69) is 15.0 Å². The zero-order chi connectivity index (χ0) is 16.0. The fraction of sp³-hybridized carbons (Fsp3) is 0.200. The molecular formula is C15H17N3O3S. The molecule has 0 bridgehead atoms. The van der Waals surface area contributed by atoms with Crippen LogP contribution >= 0.6 is 0 Å². The molecule has 7 heteroatoms. The first-order valence-corrected chi connectivity index (χ1v) is 8.47. The van der Waals surface area contributed by atoms with Crippen LogP contribution in [0.25, 0.3) is 0 Å². The summed E-state index contributed by atoms with van der Waals surface area (Å²) in [6, 6.07) is 9.71. The van der Waals surface area contributed by atoms with Gasteiger partial charge in [-0.3, -0.25) is 14.5 Å². The van der Waals surface area contributed by atoms with E-state index in [1.807, 2.05) is 0 Å². The number of amides is 1. The van der Waals surface area contributed by atoms with Gasteiger partial charge in [0.05, 0.1) is 5.75 Å². The lowest BCUT2D eigenvalue weighted by Crippen LogP contribution is -2.17. The number of anilines is 2. The number of hydrogen-bond acceptors (Lipinski definition) is 4. The first kappa shape index (κ1) is 16.0. The summed E-state index contributed by atoms with van der Waals surface area (Å²) in [6.07, 6.45) is 3.67. The average molecular weight is 319 g/mol. The normalized spacial score (nSPS) is 11.0. The predicted molar refractivity (Wildman–Crippen MR) is 86.3 cm³/mol. The lowest BCUT2D eigenvalue weighted by atomic mass is 10.2.